The van der Waals surface area contributed by atoms with Crippen molar-refractivity contribution in [3.63, 3.8) is 0 Å². The highest BCUT2D eigenvalue weighted by Gasteiger charge is 2.07. The molecule has 102 valence electrons. The number of aliphatic hydroxyl groups excluding tert-OH is 1. The highest BCUT2D eigenvalue weighted by atomic mass is 16.3. The first kappa shape index (κ1) is 12.7. The quantitative estimate of drug-likeness (QED) is 0.764. The molecule has 0 aliphatic heterocycles. The van der Waals surface area contributed by atoms with Crippen LogP contribution in [-0.2, 0) is 13.2 Å². The maximum atomic E-state index is 9.16. The van der Waals surface area contributed by atoms with Crippen molar-refractivity contribution in [3.8, 4) is 0 Å². The lowest BCUT2D eigenvalue weighted by molar-refractivity contribution is 0.282. The molecule has 0 fully saturated rings. The molecule has 2 aromatic heterocycles. The molecule has 0 unspecified atom stereocenters. The van der Waals surface area contributed by atoms with Gasteiger partial charge in [-0.25, -0.2) is 4.98 Å². The average molecular weight is 267 g/mol. The lowest BCUT2D eigenvalue weighted by Crippen LogP contribution is -2.04. The molecule has 0 saturated carbocycles. The van der Waals surface area contributed by atoms with Crippen LogP contribution in [0.15, 0.2) is 48.7 Å². The molecule has 0 aliphatic rings. The van der Waals surface area contributed by atoms with Crippen LogP contribution in [-0.4, -0.2) is 14.5 Å². The predicted molar refractivity (Wildman–Crippen MR) is 79.6 cm³/mol. The van der Waals surface area contributed by atoms with Crippen molar-refractivity contribution >= 4 is 11.3 Å². The second kappa shape index (κ2) is 5.35. The molecule has 3 aromatic rings. The molecule has 2 N–H and O–H groups in total. The van der Waals surface area contributed by atoms with Gasteiger partial charge in [0.1, 0.15) is 5.65 Å². The van der Waals surface area contributed by atoms with Gasteiger partial charge in [0.2, 0.25) is 0 Å². The number of aromatic nitrogens is 2. The summed E-state index contributed by atoms with van der Waals surface area (Å²) in [5.41, 5.74) is 5.05. The zero-order valence-corrected chi connectivity index (χ0v) is 11.4. The van der Waals surface area contributed by atoms with Crippen LogP contribution >= 0.6 is 0 Å². The van der Waals surface area contributed by atoms with Gasteiger partial charge < -0.3 is 14.8 Å². The number of benzene rings is 1. The van der Waals surface area contributed by atoms with Gasteiger partial charge in [0.25, 0.3) is 0 Å². The Bertz CT molecular complexity index is 733. The van der Waals surface area contributed by atoms with Crippen LogP contribution in [0.3, 0.4) is 0 Å². The van der Waals surface area contributed by atoms with Crippen molar-refractivity contribution in [1.29, 1.82) is 0 Å². The van der Waals surface area contributed by atoms with Gasteiger partial charge in [-0.2, -0.15) is 0 Å². The number of anilines is 1. The summed E-state index contributed by atoms with van der Waals surface area (Å²) < 4.78 is 2.10. The summed E-state index contributed by atoms with van der Waals surface area (Å²) in [6.07, 6.45) is 2.02. The summed E-state index contributed by atoms with van der Waals surface area (Å²) in [6, 6.07) is 13.8. The van der Waals surface area contributed by atoms with Crippen LogP contribution in [0, 0.1) is 6.92 Å². The van der Waals surface area contributed by atoms with E-state index in [0.717, 1.165) is 28.3 Å². The summed E-state index contributed by atoms with van der Waals surface area (Å²) >= 11 is 0. The van der Waals surface area contributed by atoms with E-state index in [9.17, 15) is 0 Å². The van der Waals surface area contributed by atoms with E-state index in [-0.39, 0.29) is 6.61 Å². The summed E-state index contributed by atoms with van der Waals surface area (Å²) in [5, 5.41) is 12.5. The van der Waals surface area contributed by atoms with Gasteiger partial charge in [0.05, 0.1) is 24.5 Å². The van der Waals surface area contributed by atoms with E-state index in [0.29, 0.717) is 6.54 Å². The highest BCUT2D eigenvalue weighted by molar-refractivity contribution is 5.48. The number of nitrogens with one attached hydrogen (secondary N) is 1. The number of nitrogens with zero attached hydrogens (tertiary/aromatic N) is 2. The number of hydrogen-bond donors (Lipinski definition) is 2. The van der Waals surface area contributed by atoms with E-state index >= 15 is 0 Å². The number of pyridine rings is 1. The summed E-state index contributed by atoms with van der Waals surface area (Å²) in [6.45, 7) is 2.78. The lowest BCUT2D eigenvalue weighted by atomic mass is 10.2. The smallest absolute Gasteiger partial charge is 0.137 e. The molecule has 0 aliphatic carbocycles. The van der Waals surface area contributed by atoms with Gasteiger partial charge in [-0.1, -0.05) is 18.2 Å². The van der Waals surface area contributed by atoms with E-state index in [1.807, 2.05) is 55.6 Å². The van der Waals surface area contributed by atoms with Crippen LogP contribution in [0.5, 0.6) is 0 Å². The van der Waals surface area contributed by atoms with Gasteiger partial charge >= 0.3 is 0 Å². The fourth-order valence-corrected chi connectivity index (χ4v) is 2.34. The standard InChI is InChI=1S/C16H17N3O/c1-12-15(19-8-3-2-7-16(19)18-12)10-17-14-6-4-5-13(9-14)11-20/h2-9,17,20H,10-11H2,1H3. The summed E-state index contributed by atoms with van der Waals surface area (Å²) in [7, 11) is 0. The second-order valence-corrected chi connectivity index (χ2v) is 4.78. The van der Waals surface area contributed by atoms with Crippen LogP contribution in [0.4, 0.5) is 5.69 Å². The molecule has 0 radical (unpaired) electrons. The summed E-state index contributed by atoms with van der Waals surface area (Å²) in [4.78, 5) is 4.54. The summed E-state index contributed by atoms with van der Waals surface area (Å²) in [5.74, 6) is 0. The lowest BCUT2D eigenvalue weighted by Gasteiger charge is -2.08. The first-order valence-corrected chi connectivity index (χ1v) is 6.64. The molecule has 3 rings (SSSR count). The van der Waals surface area contributed by atoms with Gasteiger partial charge in [0.15, 0.2) is 0 Å². The third-order valence-electron chi connectivity index (χ3n) is 3.40. The van der Waals surface area contributed by atoms with Crippen molar-refractivity contribution in [2.45, 2.75) is 20.1 Å². The molecular weight excluding hydrogens is 250 g/mol. The molecular formula is C16H17N3O. The Kier molecular flexibility index (Phi) is 3.39. The Morgan fingerprint density at radius 2 is 2.10 bits per heavy atom. The van der Waals surface area contributed by atoms with Crippen molar-refractivity contribution < 1.29 is 5.11 Å². The number of imidazole rings is 1. The molecule has 0 bridgehead atoms. The normalized spacial score (nSPS) is 10.9. The van der Waals surface area contributed by atoms with Crippen molar-refractivity contribution in [1.82, 2.24) is 9.38 Å². The molecule has 0 spiro atoms. The third-order valence-corrected chi connectivity index (χ3v) is 3.40. The molecule has 4 heteroatoms. The number of aliphatic hydroxyl groups is 1. The Hall–Kier alpha value is -2.33. The van der Waals surface area contributed by atoms with E-state index in [4.69, 9.17) is 5.11 Å². The zero-order chi connectivity index (χ0) is 13.9. The van der Waals surface area contributed by atoms with Gasteiger partial charge in [-0.05, 0) is 36.8 Å². The monoisotopic (exact) mass is 267 g/mol. The average Bonchev–Trinajstić information content (AvgIpc) is 2.81. The van der Waals surface area contributed by atoms with Crippen molar-refractivity contribution in [3.05, 3.63) is 65.6 Å². The van der Waals surface area contributed by atoms with Gasteiger partial charge in [-0.15, -0.1) is 0 Å². The number of rotatable bonds is 4. The van der Waals surface area contributed by atoms with E-state index in [2.05, 4.69) is 14.7 Å². The Labute approximate surface area is 117 Å². The number of fused-ring (bicyclic) bond motifs is 1. The van der Waals surface area contributed by atoms with E-state index < -0.39 is 0 Å². The fraction of sp³-hybridized carbons (Fsp3) is 0.188. The maximum Gasteiger partial charge on any atom is 0.137 e. The van der Waals surface area contributed by atoms with Crippen LogP contribution in [0.2, 0.25) is 0 Å². The molecule has 0 saturated heterocycles. The molecule has 1 aromatic carbocycles. The maximum absolute atomic E-state index is 9.16. The minimum atomic E-state index is 0.0597. The van der Waals surface area contributed by atoms with Crippen molar-refractivity contribution in [2.24, 2.45) is 0 Å². The fourth-order valence-electron chi connectivity index (χ4n) is 2.34. The van der Waals surface area contributed by atoms with Crippen molar-refractivity contribution in [2.75, 3.05) is 5.32 Å². The molecule has 0 atom stereocenters. The van der Waals surface area contributed by atoms with E-state index in [1.54, 1.807) is 0 Å². The van der Waals surface area contributed by atoms with E-state index in [1.165, 1.54) is 0 Å². The third kappa shape index (κ3) is 2.38. The number of hydrogen-bond acceptors (Lipinski definition) is 3. The molecule has 2 heterocycles. The van der Waals surface area contributed by atoms with Crippen LogP contribution in [0.25, 0.3) is 5.65 Å². The van der Waals surface area contributed by atoms with Gasteiger partial charge in [0, 0.05) is 11.9 Å². The minimum Gasteiger partial charge on any atom is -0.392 e. The molecule has 20 heavy (non-hydrogen) atoms. The SMILES string of the molecule is Cc1nc2ccccn2c1CNc1cccc(CO)c1. The Morgan fingerprint density at radius 3 is 2.95 bits per heavy atom. The highest BCUT2D eigenvalue weighted by Crippen LogP contribution is 2.15. The predicted octanol–water partition coefficient (Wildman–Crippen LogP) is 2.75. The van der Waals surface area contributed by atoms with Gasteiger partial charge in [-0.3, -0.25) is 0 Å². The van der Waals surface area contributed by atoms with Crippen LogP contribution in [0.1, 0.15) is 17.0 Å². The topological polar surface area (TPSA) is 49.6 Å². The zero-order valence-electron chi connectivity index (χ0n) is 11.4. The van der Waals surface area contributed by atoms with Crippen LogP contribution < -0.4 is 5.32 Å². The molecule has 4 nitrogen and oxygen atoms in total. The number of aryl methyl sites for hydroxylation is 1. The first-order chi connectivity index (χ1) is 9.78. The largest absolute Gasteiger partial charge is 0.392 e. The molecule has 0 amide bonds. The minimum absolute atomic E-state index is 0.0597. The first-order valence-electron chi connectivity index (χ1n) is 6.64. The second-order valence-electron chi connectivity index (χ2n) is 4.78. The Morgan fingerprint density at radius 1 is 1.20 bits per heavy atom. The Balaban J connectivity index is 1.84.